The normalized spacial score (nSPS) is 27.6. The van der Waals surface area contributed by atoms with Crippen LogP contribution >= 0.6 is 0 Å². The molecule has 17 heavy (non-hydrogen) atoms. The maximum absolute atomic E-state index is 10.7. The number of carboxylic acids is 1. The van der Waals surface area contributed by atoms with Crippen LogP contribution < -0.4 is 0 Å². The third-order valence-corrected chi connectivity index (χ3v) is 3.65. The monoisotopic (exact) mass is 240 g/mol. The summed E-state index contributed by atoms with van der Waals surface area (Å²) in [5.41, 5.74) is 0. The quantitative estimate of drug-likeness (QED) is 0.738. The molecule has 1 fully saturated rings. The highest BCUT2D eigenvalue weighted by atomic mass is 16.4. The van der Waals surface area contributed by atoms with E-state index in [1.807, 2.05) is 6.08 Å². The lowest BCUT2D eigenvalue weighted by Crippen LogP contribution is -2.41. The number of hydrogen-bond acceptors (Lipinski definition) is 3. The molecular weight excluding hydrogens is 216 g/mol. The van der Waals surface area contributed by atoms with E-state index in [4.69, 9.17) is 5.11 Å². The van der Waals surface area contributed by atoms with Crippen molar-refractivity contribution in [3.8, 4) is 0 Å². The molecule has 0 aromatic rings. The highest BCUT2D eigenvalue weighted by molar-refractivity contribution is 5.66. The van der Waals surface area contributed by atoms with E-state index in [0.717, 1.165) is 32.5 Å². The Bertz CT molecular complexity index is 268. The van der Waals surface area contributed by atoms with Gasteiger partial charge in [-0.2, -0.15) is 0 Å². The van der Waals surface area contributed by atoms with Gasteiger partial charge in [0.05, 0.1) is 0 Å². The van der Waals surface area contributed by atoms with Gasteiger partial charge in [-0.3, -0.25) is 9.69 Å². The van der Waals surface area contributed by atoms with Gasteiger partial charge in [-0.1, -0.05) is 6.08 Å². The van der Waals surface area contributed by atoms with E-state index < -0.39 is 5.97 Å². The van der Waals surface area contributed by atoms with Crippen LogP contribution in [0.15, 0.2) is 12.7 Å². The summed E-state index contributed by atoms with van der Waals surface area (Å²) in [7, 11) is 2.09. The Hall–Kier alpha value is -0.870. The van der Waals surface area contributed by atoms with Crippen molar-refractivity contribution in [1.82, 2.24) is 9.80 Å². The Labute approximate surface area is 104 Å². The Morgan fingerprint density at radius 2 is 2.29 bits per heavy atom. The van der Waals surface area contributed by atoms with Gasteiger partial charge in [0.15, 0.2) is 0 Å². The van der Waals surface area contributed by atoms with Gasteiger partial charge in [0.2, 0.25) is 0 Å². The summed E-state index contributed by atoms with van der Waals surface area (Å²) in [4.78, 5) is 15.3. The molecule has 1 aliphatic rings. The van der Waals surface area contributed by atoms with Gasteiger partial charge in [-0.25, -0.2) is 0 Å². The molecule has 0 amide bonds. The molecule has 1 aliphatic heterocycles. The number of likely N-dealkylation sites (N-methyl/N-ethyl adjacent to an activating group) is 1. The van der Waals surface area contributed by atoms with Crippen LogP contribution in [-0.4, -0.2) is 59.6 Å². The zero-order chi connectivity index (χ0) is 12.8. The molecule has 1 saturated heterocycles. The molecule has 4 nitrogen and oxygen atoms in total. The molecule has 2 unspecified atom stereocenters. The SMILES string of the molecule is C=CCN1CC(CCC(=O)O)N(C)CCC1C. The smallest absolute Gasteiger partial charge is 0.303 e. The lowest BCUT2D eigenvalue weighted by molar-refractivity contribution is -0.137. The van der Waals surface area contributed by atoms with E-state index in [1.54, 1.807) is 0 Å². The highest BCUT2D eigenvalue weighted by Gasteiger charge is 2.25. The predicted octanol–water partition coefficient (Wildman–Crippen LogP) is 1.43. The number of hydrogen-bond donors (Lipinski definition) is 1. The van der Waals surface area contributed by atoms with E-state index in [1.165, 1.54) is 0 Å². The number of rotatable bonds is 5. The first-order chi connectivity index (χ1) is 8.04. The van der Waals surface area contributed by atoms with Crippen molar-refractivity contribution in [3.63, 3.8) is 0 Å². The van der Waals surface area contributed by atoms with E-state index in [9.17, 15) is 4.79 Å². The minimum absolute atomic E-state index is 0.255. The Kier molecular flexibility index (Phi) is 5.65. The average molecular weight is 240 g/mol. The summed E-state index contributed by atoms with van der Waals surface area (Å²) in [6.07, 6.45) is 4.04. The first-order valence-corrected chi connectivity index (χ1v) is 6.31. The van der Waals surface area contributed by atoms with Crippen molar-refractivity contribution >= 4 is 5.97 Å². The van der Waals surface area contributed by atoms with Gasteiger partial charge in [0.25, 0.3) is 0 Å². The minimum atomic E-state index is -0.703. The van der Waals surface area contributed by atoms with Crippen molar-refractivity contribution < 1.29 is 9.90 Å². The van der Waals surface area contributed by atoms with Gasteiger partial charge in [-0.15, -0.1) is 6.58 Å². The first-order valence-electron chi connectivity index (χ1n) is 6.31. The lowest BCUT2D eigenvalue weighted by Gasteiger charge is -2.30. The molecular formula is C13H24N2O2. The second kappa shape index (κ2) is 6.77. The Balaban J connectivity index is 2.59. The van der Waals surface area contributed by atoms with Gasteiger partial charge in [0, 0.05) is 31.6 Å². The number of carbonyl (C=O) groups is 1. The number of aliphatic carboxylic acids is 1. The molecule has 0 saturated carbocycles. The molecule has 1 N–H and O–H groups in total. The molecule has 98 valence electrons. The van der Waals surface area contributed by atoms with Crippen molar-refractivity contribution in [1.29, 1.82) is 0 Å². The first kappa shape index (κ1) is 14.2. The summed E-state index contributed by atoms with van der Waals surface area (Å²) < 4.78 is 0. The Morgan fingerprint density at radius 1 is 1.59 bits per heavy atom. The number of nitrogens with zero attached hydrogens (tertiary/aromatic N) is 2. The van der Waals surface area contributed by atoms with Crippen molar-refractivity contribution in [3.05, 3.63) is 12.7 Å². The van der Waals surface area contributed by atoms with Gasteiger partial charge in [0.1, 0.15) is 0 Å². The summed E-state index contributed by atoms with van der Waals surface area (Å²) in [5.74, 6) is -0.703. The van der Waals surface area contributed by atoms with Crippen LogP contribution in [0.4, 0.5) is 0 Å². The molecule has 4 heteroatoms. The van der Waals surface area contributed by atoms with E-state index in [0.29, 0.717) is 12.1 Å². The molecule has 0 bridgehead atoms. The maximum atomic E-state index is 10.7. The average Bonchev–Trinajstić information content (AvgIpc) is 2.40. The van der Waals surface area contributed by atoms with Crippen LogP contribution in [0.5, 0.6) is 0 Å². The van der Waals surface area contributed by atoms with E-state index in [2.05, 4.69) is 30.4 Å². The third kappa shape index (κ3) is 4.48. The summed E-state index contributed by atoms with van der Waals surface area (Å²) >= 11 is 0. The van der Waals surface area contributed by atoms with Crippen LogP contribution in [-0.2, 0) is 4.79 Å². The van der Waals surface area contributed by atoms with Gasteiger partial charge < -0.3 is 10.0 Å². The van der Waals surface area contributed by atoms with Crippen LogP contribution in [0.25, 0.3) is 0 Å². The minimum Gasteiger partial charge on any atom is -0.481 e. The summed E-state index contributed by atoms with van der Waals surface area (Å²) in [6, 6.07) is 0.890. The number of carboxylic acid groups (broad SMARTS) is 1. The summed E-state index contributed by atoms with van der Waals surface area (Å²) in [5, 5.41) is 8.77. The molecule has 2 atom stereocenters. The van der Waals surface area contributed by atoms with Crippen molar-refractivity contribution in [2.75, 3.05) is 26.7 Å². The van der Waals surface area contributed by atoms with Crippen molar-refractivity contribution in [2.24, 2.45) is 0 Å². The molecule has 0 radical (unpaired) electrons. The van der Waals surface area contributed by atoms with Crippen LogP contribution in [0.3, 0.4) is 0 Å². The largest absolute Gasteiger partial charge is 0.481 e. The topological polar surface area (TPSA) is 43.8 Å². The van der Waals surface area contributed by atoms with E-state index in [-0.39, 0.29) is 6.42 Å². The standard InChI is InChI=1S/C13H24N2O2/c1-4-8-15-10-12(5-6-13(16)17)14(3)9-7-11(15)2/h4,11-12H,1,5-10H2,2-3H3,(H,16,17). The highest BCUT2D eigenvalue weighted by Crippen LogP contribution is 2.17. The fraction of sp³-hybridized carbons (Fsp3) is 0.769. The van der Waals surface area contributed by atoms with Crippen LogP contribution in [0.2, 0.25) is 0 Å². The zero-order valence-electron chi connectivity index (χ0n) is 10.9. The third-order valence-electron chi connectivity index (χ3n) is 3.65. The lowest BCUT2D eigenvalue weighted by atomic mass is 10.1. The molecule has 0 aromatic carbocycles. The van der Waals surface area contributed by atoms with E-state index >= 15 is 0 Å². The van der Waals surface area contributed by atoms with Gasteiger partial charge >= 0.3 is 5.97 Å². The fourth-order valence-corrected chi connectivity index (χ4v) is 2.37. The molecule has 0 aliphatic carbocycles. The second-order valence-corrected chi connectivity index (χ2v) is 4.95. The fourth-order valence-electron chi connectivity index (χ4n) is 2.37. The molecule has 1 rings (SSSR count). The molecule has 1 heterocycles. The predicted molar refractivity (Wildman–Crippen MR) is 69.1 cm³/mol. The van der Waals surface area contributed by atoms with Crippen LogP contribution in [0.1, 0.15) is 26.2 Å². The molecule has 0 aromatic heterocycles. The Morgan fingerprint density at radius 3 is 2.88 bits per heavy atom. The van der Waals surface area contributed by atoms with Crippen molar-refractivity contribution in [2.45, 2.75) is 38.3 Å². The zero-order valence-corrected chi connectivity index (χ0v) is 10.9. The van der Waals surface area contributed by atoms with Crippen LogP contribution in [0, 0.1) is 0 Å². The van der Waals surface area contributed by atoms with Gasteiger partial charge in [-0.05, 0) is 33.4 Å². The second-order valence-electron chi connectivity index (χ2n) is 4.95. The molecule has 0 spiro atoms. The summed E-state index contributed by atoms with van der Waals surface area (Å²) in [6.45, 7) is 8.89. The maximum Gasteiger partial charge on any atom is 0.303 e.